The van der Waals surface area contributed by atoms with Gasteiger partial charge in [0.2, 0.25) is 0 Å². The number of nitrogens with zero attached hydrogens (tertiary/aromatic N) is 2. The molecular weight excluding hydrogens is 382 g/mol. The smallest absolute Gasteiger partial charge is 0.346 e. The summed E-state index contributed by atoms with van der Waals surface area (Å²) in [5.74, 6) is 0.851. The van der Waals surface area contributed by atoms with Crippen LogP contribution in [-0.4, -0.2) is 36.4 Å². The Hall–Kier alpha value is -3.35. The first kappa shape index (κ1) is 21.4. The third-order valence-electron chi connectivity index (χ3n) is 4.92. The van der Waals surface area contributed by atoms with E-state index in [-0.39, 0.29) is 0 Å². The van der Waals surface area contributed by atoms with Crippen molar-refractivity contribution in [3.8, 4) is 11.5 Å². The summed E-state index contributed by atoms with van der Waals surface area (Å²) in [7, 11) is 0. The second kappa shape index (κ2) is 9.43. The molecular formula is C23H27N3O4. The van der Waals surface area contributed by atoms with E-state index in [0.29, 0.717) is 36.7 Å². The first-order valence-corrected chi connectivity index (χ1v) is 10.2. The van der Waals surface area contributed by atoms with Crippen LogP contribution in [0, 0.1) is 0 Å². The maximum atomic E-state index is 13.1. The Kier molecular flexibility index (Phi) is 6.72. The predicted molar refractivity (Wildman–Crippen MR) is 115 cm³/mol. The van der Waals surface area contributed by atoms with E-state index in [0.717, 1.165) is 17.0 Å². The zero-order valence-electron chi connectivity index (χ0n) is 17.6. The molecule has 1 aliphatic rings. The van der Waals surface area contributed by atoms with Crippen molar-refractivity contribution in [2.75, 3.05) is 13.2 Å². The van der Waals surface area contributed by atoms with Crippen molar-refractivity contribution in [1.82, 2.24) is 10.3 Å². The summed E-state index contributed by atoms with van der Waals surface area (Å²) in [5.41, 5.74) is 0.320. The van der Waals surface area contributed by atoms with Crippen LogP contribution in [0.4, 0.5) is 4.79 Å². The summed E-state index contributed by atoms with van der Waals surface area (Å²) >= 11 is 0. The molecule has 0 spiro atoms. The molecule has 2 aromatic carbocycles. The van der Waals surface area contributed by atoms with E-state index >= 15 is 0 Å². The van der Waals surface area contributed by atoms with Gasteiger partial charge in [0.25, 0.3) is 5.91 Å². The standard InChI is InChI=1S/C23H27N3O4/c1-4-14-30-19-13-12-17(15-20(19)29-6-3)16-24-26-21(27)23(5-2,25-22(26)28)18-10-8-7-9-11-18/h7-13,15-16H,4-6,14H2,1-3H3,(H,25,28)/b24-16-/t23-/m0/s1. The predicted octanol–water partition coefficient (Wildman–Crippen LogP) is 4.07. The molecule has 1 fully saturated rings. The van der Waals surface area contributed by atoms with Crippen LogP contribution in [0.3, 0.4) is 0 Å². The van der Waals surface area contributed by atoms with Gasteiger partial charge in [-0.2, -0.15) is 5.10 Å². The molecule has 3 rings (SSSR count). The molecule has 0 unspecified atom stereocenters. The third-order valence-corrected chi connectivity index (χ3v) is 4.92. The molecule has 7 heteroatoms. The van der Waals surface area contributed by atoms with Crippen molar-refractivity contribution in [2.45, 2.75) is 39.2 Å². The molecule has 1 saturated heterocycles. The molecule has 0 bridgehead atoms. The topological polar surface area (TPSA) is 80.2 Å². The Bertz CT molecular complexity index is 929. The van der Waals surface area contributed by atoms with Crippen molar-refractivity contribution < 1.29 is 19.1 Å². The van der Waals surface area contributed by atoms with Gasteiger partial charge in [-0.15, -0.1) is 5.01 Å². The lowest BCUT2D eigenvalue weighted by atomic mass is 9.87. The Morgan fingerprint density at radius 1 is 1.03 bits per heavy atom. The highest BCUT2D eigenvalue weighted by Crippen LogP contribution is 2.33. The molecule has 1 atom stereocenters. The summed E-state index contributed by atoms with van der Waals surface area (Å²) in [6, 6.07) is 14.1. The van der Waals surface area contributed by atoms with Gasteiger partial charge in [0, 0.05) is 0 Å². The quantitative estimate of drug-likeness (QED) is 0.500. The van der Waals surface area contributed by atoms with Crippen LogP contribution >= 0.6 is 0 Å². The SMILES string of the molecule is CCCOc1ccc(/C=N\N2C(=O)N[C@@](CC)(c3ccccc3)C2=O)cc1OCC. The number of hydrogen-bond acceptors (Lipinski definition) is 5. The van der Waals surface area contributed by atoms with Crippen molar-refractivity contribution in [3.63, 3.8) is 0 Å². The summed E-state index contributed by atoms with van der Waals surface area (Å²) in [6.07, 6.45) is 2.79. The van der Waals surface area contributed by atoms with Gasteiger partial charge in [0.15, 0.2) is 11.5 Å². The molecule has 0 aliphatic carbocycles. The number of imide groups is 1. The van der Waals surface area contributed by atoms with Crippen LogP contribution in [0.5, 0.6) is 11.5 Å². The normalized spacial score (nSPS) is 18.7. The minimum Gasteiger partial charge on any atom is -0.490 e. The van der Waals surface area contributed by atoms with Gasteiger partial charge < -0.3 is 14.8 Å². The average molecular weight is 409 g/mol. The number of hydrogen-bond donors (Lipinski definition) is 1. The lowest BCUT2D eigenvalue weighted by Gasteiger charge is -2.24. The van der Waals surface area contributed by atoms with Crippen LogP contribution in [0.25, 0.3) is 0 Å². The van der Waals surface area contributed by atoms with Gasteiger partial charge in [0.1, 0.15) is 5.54 Å². The van der Waals surface area contributed by atoms with E-state index < -0.39 is 17.5 Å². The number of carbonyl (C=O) groups excluding carboxylic acids is 2. The molecule has 1 heterocycles. The van der Waals surface area contributed by atoms with Gasteiger partial charge >= 0.3 is 6.03 Å². The van der Waals surface area contributed by atoms with Crippen molar-refractivity contribution in [1.29, 1.82) is 0 Å². The van der Waals surface area contributed by atoms with E-state index in [9.17, 15) is 9.59 Å². The minimum atomic E-state index is -1.11. The number of benzene rings is 2. The first-order valence-electron chi connectivity index (χ1n) is 10.2. The molecule has 2 aromatic rings. The zero-order valence-corrected chi connectivity index (χ0v) is 17.6. The fraction of sp³-hybridized carbons (Fsp3) is 0.348. The number of carbonyl (C=O) groups is 2. The molecule has 1 aliphatic heterocycles. The first-order chi connectivity index (χ1) is 14.6. The minimum absolute atomic E-state index is 0.398. The third kappa shape index (κ3) is 4.15. The van der Waals surface area contributed by atoms with Crippen LogP contribution in [0.15, 0.2) is 53.6 Å². The molecule has 3 amide bonds. The molecule has 0 aromatic heterocycles. The van der Waals surface area contributed by atoms with E-state index in [4.69, 9.17) is 9.47 Å². The fourth-order valence-corrected chi connectivity index (χ4v) is 3.36. The van der Waals surface area contributed by atoms with E-state index in [2.05, 4.69) is 10.4 Å². The van der Waals surface area contributed by atoms with Crippen molar-refractivity contribution >= 4 is 18.2 Å². The maximum Gasteiger partial charge on any atom is 0.346 e. The van der Waals surface area contributed by atoms with Crippen LogP contribution in [-0.2, 0) is 10.3 Å². The van der Waals surface area contributed by atoms with Crippen molar-refractivity contribution in [2.24, 2.45) is 5.10 Å². The largest absolute Gasteiger partial charge is 0.490 e. The molecule has 0 saturated carbocycles. The molecule has 30 heavy (non-hydrogen) atoms. The lowest BCUT2D eigenvalue weighted by molar-refractivity contribution is -0.131. The van der Waals surface area contributed by atoms with E-state index in [1.807, 2.05) is 51.1 Å². The maximum absolute atomic E-state index is 13.1. The number of urea groups is 1. The van der Waals surface area contributed by atoms with E-state index in [1.165, 1.54) is 6.21 Å². The lowest BCUT2D eigenvalue weighted by Crippen LogP contribution is -2.43. The number of nitrogens with one attached hydrogen (secondary N) is 1. The summed E-state index contributed by atoms with van der Waals surface area (Å²) in [4.78, 5) is 25.6. The number of amides is 3. The van der Waals surface area contributed by atoms with Crippen LogP contribution in [0.2, 0.25) is 0 Å². The van der Waals surface area contributed by atoms with E-state index in [1.54, 1.807) is 18.2 Å². The molecule has 1 N–H and O–H groups in total. The molecule has 158 valence electrons. The van der Waals surface area contributed by atoms with Crippen molar-refractivity contribution in [3.05, 3.63) is 59.7 Å². The van der Waals surface area contributed by atoms with Crippen LogP contribution in [0.1, 0.15) is 44.7 Å². The van der Waals surface area contributed by atoms with Gasteiger partial charge in [-0.25, -0.2) is 4.79 Å². The molecule has 7 nitrogen and oxygen atoms in total. The Morgan fingerprint density at radius 2 is 1.80 bits per heavy atom. The zero-order chi connectivity index (χ0) is 21.6. The van der Waals surface area contributed by atoms with Crippen LogP contribution < -0.4 is 14.8 Å². The molecule has 0 radical (unpaired) electrons. The number of hydrazone groups is 1. The average Bonchev–Trinajstić information content (AvgIpc) is 3.02. The monoisotopic (exact) mass is 409 g/mol. The Balaban J connectivity index is 1.84. The Morgan fingerprint density at radius 3 is 2.47 bits per heavy atom. The van der Waals surface area contributed by atoms with Gasteiger partial charge in [-0.1, -0.05) is 44.2 Å². The highest BCUT2D eigenvalue weighted by Gasteiger charge is 2.51. The second-order valence-corrected chi connectivity index (χ2v) is 6.90. The van der Waals surface area contributed by atoms with Gasteiger partial charge in [-0.05, 0) is 49.1 Å². The highest BCUT2D eigenvalue weighted by atomic mass is 16.5. The number of rotatable bonds is 9. The number of ether oxygens (including phenoxy) is 2. The highest BCUT2D eigenvalue weighted by molar-refractivity contribution is 6.07. The van der Waals surface area contributed by atoms with Gasteiger partial charge in [0.05, 0.1) is 19.4 Å². The Labute approximate surface area is 176 Å². The second-order valence-electron chi connectivity index (χ2n) is 6.90. The summed E-state index contributed by atoms with van der Waals surface area (Å²) in [5, 5.41) is 7.87. The van der Waals surface area contributed by atoms with Gasteiger partial charge in [-0.3, -0.25) is 4.79 Å². The summed E-state index contributed by atoms with van der Waals surface area (Å²) < 4.78 is 11.3. The summed E-state index contributed by atoms with van der Waals surface area (Å²) in [6.45, 7) is 6.87. The fourth-order valence-electron chi connectivity index (χ4n) is 3.36.